The van der Waals surface area contributed by atoms with Crippen LogP contribution in [0.4, 0.5) is 5.69 Å². The fraction of sp³-hybridized carbons (Fsp3) is 0.105. The van der Waals surface area contributed by atoms with Crippen LogP contribution in [0.5, 0.6) is 0 Å². The quantitative estimate of drug-likeness (QED) is 0.250. The predicted molar refractivity (Wildman–Crippen MR) is 114 cm³/mol. The van der Waals surface area contributed by atoms with Gasteiger partial charge in [-0.25, -0.2) is 8.42 Å². The van der Waals surface area contributed by atoms with E-state index in [-0.39, 0.29) is 15.6 Å². The molecule has 0 saturated carbocycles. The van der Waals surface area contributed by atoms with Crippen LogP contribution in [0.2, 0.25) is 0 Å². The molecule has 140 valence electrons. The number of anilines is 1. The van der Waals surface area contributed by atoms with Gasteiger partial charge in [-0.2, -0.15) is 0 Å². The minimum Gasteiger partial charge on any atom is -0.398 e. The van der Waals surface area contributed by atoms with Crippen LogP contribution in [0.15, 0.2) is 62.5 Å². The number of sulfone groups is 1. The molecule has 3 aromatic rings. The molecule has 0 unspecified atom stereocenters. The van der Waals surface area contributed by atoms with Crippen molar-refractivity contribution >= 4 is 44.5 Å². The molecule has 0 aliphatic carbocycles. The van der Waals surface area contributed by atoms with Crippen LogP contribution in [0.25, 0.3) is 11.1 Å². The Hall–Kier alpha value is -2.29. The molecule has 0 fully saturated rings. The lowest BCUT2D eigenvalue weighted by Crippen LogP contribution is -2.09. The average molecular weight is 418 g/mol. The molecule has 5 nitrogen and oxygen atoms in total. The Morgan fingerprint density at radius 1 is 1.11 bits per heavy atom. The molecule has 0 atom stereocenters. The van der Waals surface area contributed by atoms with Crippen molar-refractivity contribution in [2.24, 2.45) is 5.73 Å². The Labute approximate surface area is 166 Å². The minimum atomic E-state index is -3.79. The highest BCUT2D eigenvalue weighted by Gasteiger charge is 2.27. The SMILES string of the molecule is CSc1sc(C(=N)N)cc1S(=O)(=O)c1ccc(N)c(-c2ccccc2)c1C. The van der Waals surface area contributed by atoms with E-state index in [2.05, 4.69) is 0 Å². The van der Waals surface area contributed by atoms with Crippen molar-refractivity contribution < 1.29 is 8.42 Å². The highest BCUT2D eigenvalue weighted by atomic mass is 32.2. The minimum absolute atomic E-state index is 0.143. The Morgan fingerprint density at radius 3 is 2.37 bits per heavy atom. The van der Waals surface area contributed by atoms with Gasteiger partial charge >= 0.3 is 0 Å². The number of hydrogen-bond acceptors (Lipinski definition) is 6. The van der Waals surface area contributed by atoms with E-state index in [1.807, 2.05) is 30.3 Å². The summed E-state index contributed by atoms with van der Waals surface area (Å²) in [4.78, 5) is 0.824. The molecule has 5 N–H and O–H groups in total. The van der Waals surface area contributed by atoms with Crippen molar-refractivity contribution in [1.29, 1.82) is 5.41 Å². The monoisotopic (exact) mass is 417 g/mol. The number of nitrogens with one attached hydrogen (secondary N) is 1. The standard InChI is InChI=1S/C19H19N3O2S3/c1-11-15(9-8-13(20)17(11)12-6-4-3-5-7-12)27(23,24)16-10-14(18(21)22)26-19(16)25-2/h3-10H,20H2,1-2H3,(H3,21,22). The smallest absolute Gasteiger partial charge is 0.208 e. The number of hydrogen-bond donors (Lipinski definition) is 3. The first-order valence-electron chi connectivity index (χ1n) is 7.99. The van der Waals surface area contributed by atoms with Crippen LogP contribution in [0.1, 0.15) is 10.4 Å². The van der Waals surface area contributed by atoms with Gasteiger partial charge in [-0.05, 0) is 42.5 Å². The number of rotatable bonds is 5. The van der Waals surface area contributed by atoms with E-state index in [0.29, 0.717) is 25.9 Å². The number of thioether (sulfide) groups is 1. The lowest BCUT2D eigenvalue weighted by atomic mass is 9.99. The Bertz CT molecular complexity index is 1120. The first-order valence-corrected chi connectivity index (χ1v) is 11.5. The second-order valence-electron chi connectivity index (χ2n) is 5.90. The number of thiophene rings is 1. The van der Waals surface area contributed by atoms with Crippen molar-refractivity contribution in [2.75, 3.05) is 12.0 Å². The summed E-state index contributed by atoms with van der Waals surface area (Å²) < 4.78 is 27.4. The number of benzene rings is 2. The normalized spacial score (nSPS) is 11.5. The summed E-state index contributed by atoms with van der Waals surface area (Å²) in [5.74, 6) is -0.143. The Kier molecular flexibility index (Phi) is 5.32. The summed E-state index contributed by atoms with van der Waals surface area (Å²) in [5.41, 5.74) is 14.4. The molecule has 0 aliphatic heterocycles. The Balaban J connectivity index is 2.24. The molecule has 0 bridgehead atoms. The molecule has 3 rings (SSSR count). The van der Waals surface area contributed by atoms with Gasteiger partial charge in [0.05, 0.1) is 18.9 Å². The fourth-order valence-electron chi connectivity index (χ4n) is 2.93. The highest BCUT2D eigenvalue weighted by molar-refractivity contribution is 8.01. The third kappa shape index (κ3) is 3.47. The molecule has 0 radical (unpaired) electrons. The van der Waals surface area contributed by atoms with Crippen LogP contribution in [0, 0.1) is 12.3 Å². The van der Waals surface area contributed by atoms with Crippen molar-refractivity contribution in [3.05, 3.63) is 59.0 Å². The van der Waals surface area contributed by atoms with Gasteiger partial charge in [0.15, 0.2) is 0 Å². The van der Waals surface area contributed by atoms with Crippen LogP contribution in [0.3, 0.4) is 0 Å². The van der Waals surface area contributed by atoms with E-state index in [1.165, 1.54) is 29.2 Å². The number of nitrogens with two attached hydrogens (primary N) is 2. The lowest BCUT2D eigenvalue weighted by Gasteiger charge is -2.15. The summed E-state index contributed by atoms with van der Waals surface area (Å²) in [7, 11) is -3.79. The molecule has 0 aliphatic rings. The van der Waals surface area contributed by atoms with Gasteiger partial charge in [-0.1, -0.05) is 30.3 Å². The molecule has 8 heteroatoms. The Morgan fingerprint density at radius 2 is 1.78 bits per heavy atom. The number of amidine groups is 1. The van der Waals surface area contributed by atoms with Gasteiger partial charge in [0.25, 0.3) is 0 Å². The maximum Gasteiger partial charge on any atom is 0.208 e. The largest absolute Gasteiger partial charge is 0.398 e. The van der Waals surface area contributed by atoms with Gasteiger partial charge in [-0.15, -0.1) is 23.1 Å². The third-order valence-electron chi connectivity index (χ3n) is 4.21. The molecular formula is C19H19N3O2S3. The molecule has 0 spiro atoms. The average Bonchev–Trinajstić information content (AvgIpc) is 3.08. The summed E-state index contributed by atoms with van der Waals surface area (Å²) in [6.07, 6.45) is 1.81. The van der Waals surface area contributed by atoms with Crippen molar-refractivity contribution in [1.82, 2.24) is 0 Å². The van der Waals surface area contributed by atoms with Crippen molar-refractivity contribution in [3.8, 4) is 11.1 Å². The summed E-state index contributed by atoms with van der Waals surface area (Å²) in [5, 5.41) is 7.61. The number of nitrogen functional groups attached to an aromatic ring is 2. The van der Waals surface area contributed by atoms with E-state index in [4.69, 9.17) is 16.9 Å². The molecule has 1 aromatic heterocycles. The predicted octanol–water partition coefficient (Wildman–Crippen LogP) is 4.14. The maximum atomic E-state index is 13.4. The van der Waals surface area contributed by atoms with E-state index < -0.39 is 9.84 Å². The molecule has 0 amide bonds. The van der Waals surface area contributed by atoms with E-state index in [9.17, 15) is 8.42 Å². The van der Waals surface area contributed by atoms with Gasteiger partial charge in [0.2, 0.25) is 9.84 Å². The molecule has 27 heavy (non-hydrogen) atoms. The zero-order chi connectivity index (χ0) is 19.8. The van der Waals surface area contributed by atoms with Gasteiger partial charge in [-0.3, -0.25) is 5.41 Å². The molecule has 2 aromatic carbocycles. The maximum absolute atomic E-state index is 13.4. The summed E-state index contributed by atoms with van der Waals surface area (Å²) >= 11 is 2.54. The fourth-order valence-corrected chi connectivity index (χ4v) is 7.03. The van der Waals surface area contributed by atoms with Gasteiger partial charge in [0.1, 0.15) is 5.84 Å². The van der Waals surface area contributed by atoms with Crippen LogP contribution in [-0.2, 0) is 9.84 Å². The third-order valence-corrected chi connectivity index (χ3v) is 8.69. The van der Waals surface area contributed by atoms with E-state index >= 15 is 0 Å². The summed E-state index contributed by atoms with van der Waals surface area (Å²) in [6.45, 7) is 1.77. The molecule has 0 saturated heterocycles. The second kappa shape index (κ2) is 7.38. The van der Waals surface area contributed by atoms with Crippen molar-refractivity contribution in [3.63, 3.8) is 0 Å². The topological polar surface area (TPSA) is 110 Å². The van der Waals surface area contributed by atoms with Gasteiger partial charge < -0.3 is 11.5 Å². The second-order valence-corrected chi connectivity index (χ2v) is 9.92. The van der Waals surface area contributed by atoms with Crippen molar-refractivity contribution in [2.45, 2.75) is 20.9 Å². The molecular weight excluding hydrogens is 398 g/mol. The van der Waals surface area contributed by atoms with E-state index in [0.717, 1.165) is 5.56 Å². The van der Waals surface area contributed by atoms with Crippen LogP contribution in [-0.4, -0.2) is 20.5 Å². The van der Waals surface area contributed by atoms with Gasteiger partial charge in [0, 0.05) is 11.3 Å². The zero-order valence-corrected chi connectivity index (χ0v) is 17.3. The van der Waals surface area contributed by atoms with Crippen LogP contribution >= 0.6 is 23.1 Å². The summed E-state index contributed by atoms with van der Waals surface area (Å²) in [6, 6.07) is 14.1. The van der Waals surface area contributed by atoms with Crippen LogP contribution < -0.4 is 11.5 Å². The van der Waals surface area contributed by atoms with E-state index in [1.54, 1.807) is 25.3 Å². The first kappa shape index (κ1) is 19.5. The lowest BCUT2D eigenvalue weighted by molar-refractivity contribution is 0.594. The highest BCUT2D eigenvalue weighted by Crippen LogP contribution is 2.40. The molecule has 1 heterocycles. The first-order chi connectivity index (χ1) is 12.8. The zero-order valence-electron chi connectivity index (χ0n) is 14.8.